The zero-order valence-electron chi connectivity index (χ0n) is 14.0. The Labute approximate surface area is 162 Å². The highest BCUT2D eigenvalue weighted by atomic mass is 32.2. The van der Waals surface area contributed by atoms with E-state index in [1.807, 2.05) is 24.3 Å². The van der Waals surface area contributed by atoms with E-state index < -0.39 is 0 Å². The van der Waals surface area contributed by atoms with Crippen LogP contribution in [0.2, 0.25) is 0 Å². The number of carbonyl (C=O) groups is 1. The lowest BCUT2D eigenvalue weighted by atomic mass is 10.1. The maximum atomic E-state index is 12.6. The molecule has 134 valence electrons. The van der Waals surface area contributed by atoms with E-state index >= 15 is 0 Å². The molecule has 2 aromatic heterocycles. The number of H-pyrrole nitrogens is 1. The zero-order chi connectivity index (χ0) is 18.6. The monoisotopic (exact) mass is 394 g/mol. The molecule has 0 spiro atoms. The number of hydrogen-bond acceptors (Lipinski definition) is 6. The van der Waals surface area contributed by atoms with Crippen LogP contribution in [0.4, 0.5) is 5.13 Å². The summed E-state index contributed by atoms with van der Waals surface area (Å²) in [5.74, 6) is 0.398. The molecule has 0 radical (unpaired) electrons. The molecule has 0 unspecified atom stereocenters. The molecular formula is C19H14N4O2S2. The first-order chi connectivity index (χ1) is 13.2. The lowest BCUT2D eigenvalue weighted by Gasteiger charge is -2.05. The highest BCUT2D eigenvalue weighted by Gasteiger charge is 2.14. The lowest BCUT2D eigenvalue weighted by Crippen LogP contribution is -2.16. The van der Waals surface area contributed by atoms with Crippen molar-refractivity contribution >= 4 is 45.0 Å². The molecule has 2 N–H and O–H groups in total. The molecule has 4 aromatic rings. The number of pyridine rings is 1. The number of nitrogens with zero attached hydrogens (tertiary/aromatic N) is 2. The topological polar surface area (TPSA) is 87.7 Å². The number of hydrogen-bond donors (Lipinski definition) is 2. The van der Waals surface area contributed by atoms with Gasteiger partial charge >= 0.3 is 0 Å². The van der Waals surface area contributed by atoms with Crippen LogP contribution in [0.1, 0.15) is 15.9 Å². The average Bonchev–Trinajstić information content (AvgIpc) is 3.13. The Bertz CT molecular complexity index is 1160. The number of aromatic nitrogens is 3. The Morgan fingerprint density at radius 2 is 1.85 bits per heavy atom. The van der Waals surface area contributed by atoms with Crippen LogP contribution in [0, 0.1) is 0 Å². The van der Waals surface area contributed by atoms with Crippen molar-refractivity contribution in [3.8, 4) is 0 Å². The van der Waals surface area contributed by atoms with Crippen LogP contribution in [0.5, 0.6) is 0 Å². The molecule has 2 heterocycles. The minimum absolute atomic E-state index is 0.308. The van der Waals surface area contributed by atoms with E-state index in [9.17, 15) is 9.59 Å². The Balaban J connectivity index is 1.49. The molecule has 6 nitrogen and oxygen atoms in total. The lowest BCUT2D eigenvalue weighted by molar-refractivity contribution is 0.102. The normalized spacial score (nSPS) is 10.8. The third-order valence-corrected chi connectivity index (χ3v) is 5.87. The standard InChI is InChI=1S/C19H14N4O2S2/c24-16-10-14(13-8-4-5-9-15(13)20-16)17(25)21-18-22-23-19(27-18)26-11-12-6-2-1-3-7-12/h1-10H,11H2,(H,20,24)(H,21,22,25). The second kappa shape index (κ2) is 7.73. The fourth-order valence-electron chi connectivity index (χ4n) is 2.59. The first-order valence-corrected chi connectivity index (χ1v) is 9.93. The van der Waals surface area contributed by atoms with Gasteiger partial charge in [0.1, 0.15) is 0 Å². The molecule has 0 aliphatic carbocycles. The number of rotatable bonds is 5. The van der Waals surface area contributed by atoms with Gasteiger partial charge in [-0.3, -0.25) is 14.9 Å². The minimum Gasteiger partial charge on any atom is -0.322 e. The van der Waals surface area contributed by atoms with Crippen molar-refractivity contribution in [2.24, 2.45) is 0 Å². The Kier molecular flexibility index (Phi) is 4.99. The van der Waals surface area contributed by atoms with Gasteiger partial charge in [-0.15, -0.1) is 10.2 Å². The van der Waals surface area contributed by atoms with Gasteiger partial charge in [-0.25, -0.2) is 0 Å². The largest absolute Gasteiger partial charge is 0.322 e. The van der Waals surface area contributed by atoms with E-state index in [0.717, 1.165) is 10.1 Å². The number of thioether (sulfide) groups is 1. The Hall–Kier alpha value is -2.97. The number of anilines is 1. The van der Waals surface area contributed by atoms with Gasteiger partial charge in [0, 0.05) is 22.7 Å². The van der Waals surface area contributed by atoms with E-state index in [2.05, 4.69) is 32.6 Å². The molecule has 8 heteroatoms. The average molecular weight is 394 g/mol. The molecule has 0 aliphatic heterocycles. The highest BCUT2D eigenvalue weighted by molar-refractivity contribution is 8.00. The molecule has 1 amide bonds. The van der Waals surface area contributed by atoms with Crippen molar-refractivity contribution in [1.82, 2.24) is 15.2 Å². The maximum absolute atomic E-state index is 12.6. The number of nitrogens with one attached hydrogen (secondary N) is 2. The van der Waals surface area contributed by atoms with Crippen LogP contribution >= 0.6 is 23.1 Å². The predicted octanol–water partition coefficient (Wildman–Crippen LogP) is 3.92. The van der Waals surface area contributed by atoms with Crippen LogP contribution < -0.4 is 10.9 Å². The van der Waals surface area contributed by atoms with E-state index in [4.69, 9.17) is 0 Å². The van der Waals surface area contributed by atoms with Crippen molar-refractivity contribution in [3.05, 3.63) is 82.1 Å². The number of amides is 1. The van der Waals surface area contributed by atoms with Gasteiger partial charge in [-0.05, 0) is 11.6 Å². The van der Waals surface area contributed by atoms with Gasteiger partial charge in [-0.1, -0.05) is 71.6 Å². The van der Waals surface area contributed by atoms with Crippen LogP contribution in [-0.2, 0) is 5.75 Å². The summed E-state index contributed by atoms with van der Waals surface area (Å²) in [5.41, 5.74) is 1.79. The molecule has 0 saturated carbocycles. The fraction of sp³-hybridized carbons (Fsp3) is 0.0526. The molecule has 2 aromatic carbocycles. The van der Waals surface area contributed by atoms with Gasteiger partial charge in [0.05, 0.1) is 5.56 Å². The van der Waals surface area contributed by atoms with Crippen molar-refractivity contribution < 1.29 is 4.79 Å². The van der Waals surface area contributed by atoms with Crippen LogP contribution in [0.3, 0.4) is 0 Å². The van der Waals surface area contributed by atoms with Gasteiger partial charge < -0.3 is 4.98 Å². The fourth-order valence-corrected chi connectivity index (χ4v) is 4.30. The second-order valence-electron chi connectivity index (χ2n) is 5.69. The smallest absolute Gasteiger partial charge is 0.258 e. The summed E-state index contributed by atoms with van der Waals surface area (Å²) in [6, 6.07) is 18.5. The van der Waals surface area contributed by atoms with E-state index in [1.54, 1.807) is 30.0 Å². The Morgan fingerprint density at radius 3 is 2.70 bits per heavy atom. The molecular weight excluding hydrogens is 380 g/mol. The van der Waals surface area contributed by atoms with Crippen molar-refractivity contribution in [2.75, 3.05) is 5.32 Å². The van der Waals surface area contributed by atoms with Gasteiger partial charge in [0.25, 0.3) is 5.91 Å². The van der Waals surface area contributed by atoms with Crippen molar-refractivity contribution in [2.45, 2.75) is 10.1 Å². The molecule has 0 saturated heterocycles. The van der Waals surface area contributed by atoms with Crippen LogP contribution in [0.25, 0.3) is 10.9 Å². The summed E-state index contributed by atoms with van der Waals surface area (Å²) in [4.78, 5) is 27.2. The zero-order valence-corrected chi connectivity index (χ0v) is 15.6. The van der Waals surface area contributed by atoms with Crippen LogP contribution in [0.15, 0.2) is 69.8 Å². The third-order valence-electron chi connectivity index (χ3n) is 3.83. The SMILES string of the molecule is O=C(Nc1nnc(SCc2ccccc2)s1)c1cc(=O)[nH]c2ccccc12. The summed E-state index contributed by atoms with van der Waals surface area (Å²) in [6.07, 6.45) is 0. The summed E-state index contributed by atoms with van der Waals surface area (Å²) < 4.78 is 0.768. The Morgan fingerprint density at radius 1 is 1.07 bits per heavy atom. The summed E-state index contributed by atoms with van der Waals surface area (Å²) in [5, 5.41) is 12.0. The number of para-hydroxylation sites is 1. The van der Waals surface area contributed by atoms with E-state index in [-0.39, 0.29) is 11.5 Å². The number of aromatic amines is 1. The van der Waals surface area contributed by atoms with Gasteiger partial charge in [-0.2, -0.15) is 0 Å². The van der Waals surface area contributed by atoms with E-state index in [1.165, 1.54) is 23.0 Å². The molecule has 0 atom stereocenters. The van der Waals surface area contributed by atoms with Crippen molar-refractivity contribution in [3.63, 3.8) is 0 Å². The minimum atomic E-state index is -0.381. The second-order valence-corrected chi connectivity index (χ2v) is 7.89. The molecule has 0 bridgehead atoms. The van der Waals surface area contributed by atoms with Gasteiger partial charge in [0.2, 0.25) is 10.7 Å². The molecule has 27 heavy (non-hydrogen) atoms. The van der Waals surface area contributed by atoms with Crippen molar-refractivity contribution in [1.29, 1.82) is 0 Å². The quantitative estimate of drug-likeness (QED) is 0.396. The number of carbonyl (C=O) groups excluding carboxylic acids is 1. The van der Waals surface area contributed by atoms with Gasteiger partial charge in [0.15, 0.2) is 4.34 Å². The third kappa shape index (κ3) is 4.07. The highest BCUT2D eigenvalue weighted by Crippen LogP contribution is 2.28. The summed E-state index contributed by atoms with van der Waals surface area (Å²) >= 11 is 2.87. The molecule has 4 rings (SSSR count). The number of benzene rings is 2. The van der Waals surface area contributed by atoms with Crippen LogP contribution in [-0.4, -0.2) is 21.1 Å². The first-order valence-electron chi connectivity index (χ1n) is 8.13. The summed E-state index contributed by atoms with van der Waals surface area (Å²) in [7, 11) is 0. The van der Waals surface area contributed by atoms with E-state index in [0.29, 0.717) is 21.6 Å². The maximum Gasteiger partial charge on any atom is 0.258 e. The molecule has 0 fully saturated rings. The summed E-state index contributed by atoms with van der Waals surface area (Å²) in [6.45, 7) is 0. The molecule has 0 aliphatic rings. The predicted molar refractivity (Wildman–Crippen MR) is 108 cm³/mol. The first kappa shape index (κ1) is 17.4. The number of fused-ring (bicyclic) bond motifs is 1.